The highest BCUT2D eigenvalue weighted by molar-refractivity contribution is 5.73. The number of fused-ring (bicyclic) bond motifs is 1. The van der Waals surface area contributed by atoms with Crippen molar-refractivity contribution in [3.05, 3.63) is 0 Å². The van der Waals surface area contributed by atoms with Crippen LogP contribution < -0.4 is 5.32 Å². The first-order chi connectivity index (χ1) is 9.22. The SMILES string of the molecule is CCCN(CCCC1CNC2CCCCC12)C(C)=O. The van der Waals surface area contributed by atoms with E-state index in [4.69, 9.17) is 0 Å². The van der Waals surface area contributed by atoms with Crippen LogP contribution in [-0.4, -0.2) is 36.5 Å². The molecular weight excluding hydrogens is 236 g/mol. The molecule has 110 valence electrons. The number of nitrogens with zero attached hydrogens (tertiary/aromatic N) is 1. The van der Waals surface area contributed by atoms with Gasteiger partial charge >= 0.3 is 0 Å². The Balaban J connectivity index is 1.71. The average molecular weight is 266 g/mol. The fraction of sp³-hybridized carbons (Fsp3) is 0.938. The third kappa shape index (κ3) is 3.95. The Hall–Kier alpha value is -0.570. The molecule has 3 atom stereocenters. The minimum absolute atomic E-state index is 0.238. The van der Waals surface area contributed by atoms with E-state index in [1.165, 1.54) is 45.1 Å². The number of carbonyl (C=O) groups excluding carboxylic acids is 1. The number of amides is 1. The van der Waals surface area contributed by atoms with Crippen LogP contribution in [0.15, 0.2) is 0 Å². The molecule has 19 heavy (non-hydrogen) atoms. The summed E-state index contributed by atoms with van der Waals surface area (Å²) in [7, 11) is 0. The molecule has 1 heterocycles. The number of carbonyl (C=O) groups is 1. The van der Waals surface area contributed by atoms with E-state index in [-0.39, 0.29) is 5.91 Å². The second kappa shape index (κ2) is 7.28. The third-order valence-corrected chi connectivity index (χ3v) is 5.01. The molecule has 0 aromatic heterocycles. The minimum Gasteiger partial charge on any atom is -0.343 e. The Morgan fingerprint density at radius 2 is 2.05 bits per heavy atom. The molecule has 2 fully saturated rings. The lowest BCUT2D eigenvalue weighted by Gasteiger charge is -2.29. The van der Waals surface area contributed by atoms with Gasteiger partial charge in [0.05, 0.1) is 0 Å². The van der Waals surface area contributed by atoms with Gasteiger partial charge in [-0.25, -0.2) is 0 Å². The molecule has 0 aromatic carbocycles. The van der Waals surface area contributed by atoms with Gasteiger partial charge < -0.3 is 10.2 Å². The number of nitrogens with one attached hydrogen (secondary N) is 1. The smallest absolute Gasteiger partial charge is 0.219 e. The van der Waals surface area contributed by atoms with E-state index in [1.54, 1.807) is 6.92 Å². The van der Waals surface area contributed by atoms with Gasteiger partial charge in [-0.05, 0) is 50.5 Å². The van der Waals surface area contributed by atoms with Crippen molar-refractivity contribution in [3.8, 4) is 0 Å². The molecule has 2 rings (SSSR count). The van der Waals surface area contributed by atoms with Crippen LogP contribution in [0.2, 0.25) is 0 Å². The zero-order chi connectivity index (χ0) is 13.7. The van der Waals surface area contributed by atoms with Crippen LogP contribution in [0.4, 0.5) is 0 Å². The molecule has 0 radical (unpaired) electrons. The van der Waals surface area contributed by atoms with Gasteiger partial charge in [-0.1, -0.05) is 19.8 Å². The zero-order valence-corrected chi connectivity index (χ0v) is 12.7. The van der Waals surface area contributed by atoms with Crippen molar-refractivity contribution >= 4 is 5.91 Å². The van der Waals surface area contributed by atoms with Crippen LogP contribution in [0.25, 0.3) is 0 Å². The first-order valence-electron chi connectivity index (χ1n) is 8.21. The quantitative estimate of drug-likeness (QED) is 0.802. The molecule has 0 spiro atoms. The van der Waals surface area contributed by atoms with E-state index in [2.05, 4.69) is 12.2 Å². The van der Waals surface area contributed by atoms with Gasteiger partial charge in [0.15, 0.2) is 0 Å². The summed E-state index contributed by atoms with van der Waals surface area (Å²) in [6, 6.07) is 0.804. The van der Waals surface area contributed by atoms with Crippen molar-refractivity contribution in [1.82, 2.24) is 10.2 Å². The predicted octanol–water partition coefficient (Wildman–Crippen LogP) is 2.80. The highest BCUT2D eigenvalue weighted by Crippen LogP contribution is 2.36. The number of hydrogen-bond acceptors (Lipinski definition) is 2. The number of rotatable bonds is 6. The summed E-state index contributed by atoms with van der Waals surface area (Å²) in [4.78, 5) is 13.5. The molecule has 3 heteroatoms. The molecule has 0 bridgehead atoms. The van der Waals surface area contributed by atoms with E-state index in [0.29, 0.717) is 0 Å². The standard InChI is InChI=1S/C16H30N2O/c1-3-10-18(13(2)19)11-6-7-14-12-17-16-9-5-4-8-15(14)16/h14-17H,3-12H2,1-2H3. The first kappa shape index (κ1) is 14.8. The maximum absolute atomic E-state index is 11.5. The molecule has 1 saturated heterocycles. The fourth-order valence-electron chi connectivity index (χ4n) is 3.99. The van der Waals surface area contributed by atoms with Crippen molar-refractivity contribution in [2.24, 2.45) is 11.8 Å². The molecule has 3 nitrogen and oxygen atoms in total. The van der Waals surface area contributed by atoms with Gasteiger partial charge in [-0.15, -0.1) is 0 Å². The van der Waals surface area contributed by atoms with Crippen LogP contribution >= 0.6 is 0 Å². The second-order valence-corrected chi connectivity index (χ2v) is 6.37. The Labute approximate surface area is 118 Å². The maximum Gasteiger partial charge on any atom is 0.219 e. The van der Waals surface area contributed by atoms with Gasteiger partial charge in [0.2, 0.25) is 5.91 Å². The summed E-state index contributed by atoms with van der Waals surface area (Å²) in [6.45, 7) is 6.93. The zero-order valence-electron chi connectivity index (χ0n) is 12.7. The summed E-state index contributed by atoms with van der Waals surface area (Å²) in [6.07, 6.45) is 9.18. The summed E-state index contributed by atoms with van der Waals surface area (Å²) in [5.74, 6) is 2.02. The number of hydrogen-bond donors (Lipinski definition) is 1. The average Bonchev–Trinajstić information content (AvgIpc) is 2.81. The molecular formula is C16H30N2O. The van der Waals surface area contributed by atoms with Crippen molar-refractivity contribution in [3.63, 3.8) is 0 Å². The minimum atomic E-state index is 0.238. The highest BCUT2D eigenvalue weighted by atomic mass is 16.2. The van der Waals surface area contributed by atoms with Crippen molar-refractivity contribution < 1.29 is 4.79 Å². The molecule has 1 aliphatic carbocycles. The molecule has 0 aromatic rings. The Bertz CT molecular complexity index is 292. The largest absolute Gasteiger partial charge is 0.343 e. The lowest BCUT2D eigenvalue weighted by molar-refractivity contribution is -0.129. The molecule has 2 aliphatic rings. The summed E-state index contributed by atoms with van der Waals surface area (Å²) in [5.41, 5.74) is 0. The van der Waals surface area contributed by atoms with E-state index in [9.17, 15) is 4.79 Å². The first-order valence-corrected chi connectivity index (χ1v) is 8.21. The van der Waals surface area contributed by atoms with Gasteiger partial charge in [-0.2, -0.15) is 0 Å². The summed E-state index contributed by atoms with van der Waals surface area (Å²) >= 11 is 0. The Morgan fingerprint density at radius 3 is 2.79 bits per heavy atom. The van der Waals surface area contributed by atoms with Crippen molar-refractivity contribution in [1.29, 1.82) is 0 Å². The molecule has 1 N–H and O–H groups in total. The second-order valence-electron chi connectivity index (χ2n) is 6.37. The van der Waals surface area contributed by atoms with Crippen LogP contribution in [0.5, 0.6) is 0 Å². The summed E-state index contributed by atoms with van der Waals surface area (Å²) in [5, 5.41) is 3.71. The molecule has 1 amide bonds. The monoisotopic (exact) mass is 266 g/mol. The normalized spacial score (nSPS) is 30.1. The highest BCUT2D eigenvalue weighted by Gasteiger charge is 2.36. The van der Waals surface area contributed by atoms with Gasteiger partial charge in [0.25, 0.3) is 0 Å². The van der Waals surface area contributed by atoms with Gasteiger partial charge in [0.1, 0.15) is 0 Å². The Kier molecular flexibility index (Phi) is 5.68. The molecule has 3 unspecified atom stereocenters. The predicted molar refractivity (Wildman–Crippen MR) is 79.0 cm³/mol. The topological polar surface area (TPSA) is 32.3 Å². The van der Waals surface area contributed by atoms with Gasteiger partial charge in [0, 0.05) is 26.1 Å². The van der Waals surface area contributed by atoms with Crippen LogP contribution in [-0.2, 0) is 4.79 Å². The van der Waals surface area contributed by atoms with E-state index in [0.717, 1.165) is 37.4 Å². The maximum atomic E-state index is 11.5. The van der Waals surface area contributed by atoms with Crippen molar-refractivity contribution in [2.75, 3.05) is 19.6 Å². The third-order valence-electron chi connectivity index (χ3n) is 5.01. The van der Waals surface area contributed by atoms with Crippen LogP contribution in [0.1, 0.15) is 58.8 Å². The van der Waals surface area contributed by atoms with Crippen molar-refractivity contribution in [2.45, 2.75) is 64.8 Å². The Morgan fingerprint density at radius 1 is 1.26 bits per heavy atom. The van der Waals surface area contributed by atoms with Crippen LogP contribution in [0, 0.1) is 11.8 Å². The molecule has 1 saturated carbocycles. The summed E-state index contributed by atoms with van der Waals surface area (Å²) < 4.78 is 0. The van der Waals surface area contributed by atoms with Gasteiger partial charge in [-0.3, -0.25) is 4.79 Å². The fourth-order valence-corrected chi connectivity index (χ4v) is 3.99. The molecule has 1 aliphatic heterocycles. The van der Waals surface area contributed by atoms with E-state index < -0.39 is 0 Å². The lowest BCUT2D eigenvalue weighted by Crippen LogP contribution is -2.31. The van der Waals surface area contributed by atoms with Crippen LogP contribution in [0.3, 0.4) is 0 Å². The lowest BCUT2D eigenvalue weighted by atomic mass is 9.78. The van der Waals surface area contributed by atoms with E-state index in [1.807, 2.05) is 4.90 Å². The van der Waals surface area contributed by atoms with E-state index >= 15 is 0 Å².